The van der Waals surface area contributed by atoms with Crippen molar-refractivity contribution in [1.29, 1.82) is 0 Å². The number of carbonyl (C=O) groups excluding carboxylic acids is 1. The van der Waals surface area contributed by atoms with Gasteiger partial charge in [-0.1, -0.05) is 6.92 Å². The van der Waals surface area contributed by atoms with E-state index < -0.39 is 21.4 Å². The topological polar surface area (TPSA) is 172 Å². The third-order valence-electron chi connectivity index (χ3n) is 6.64. The van der Waals surface area contributed by atoms with E-state index in [1.807, 2.05) is 13.8 Å². The fraction of sp³-hybridized carbons (Fsp3) is 0.407. The van der Waals surface area contributed by atoms with Crippen molar-refractivity contribution in [3.05, 3.63) is 57.8 Å². The van der Waals surface area contributed by atoms with Crippen LogP contribution in [0.15, 0.2) is 34.3 Å². The van der Waals surface area contributed by atoms with Crippen LogP contribution >= 0.6 is 0 Å². The molecule has 0 spiro atoms. The number of anilines is 1. The van der Waals surface area contributed by atoms with E-state index in [4.69, 9.17) is 14.7 Å². The van der Waals surface area contributed by atoms with Crippen LogP contribution in [0.25, 0.3) is 22.6 Å². The first-order valence-electron chi connectivity index (χ1n) is 13.2. The molecular formula is C27H30N8O5S. The summed E-state index contributed by atoms with van der Waals surface area (Å²) in [4.78, 5) is 52.7. The molecular weight excluding hydrogens is 548 g/mol. The van der Waals surface area contributed by atoms with Gasteiger partial charge in [-0.25, -0.2) is 33.3 Å². The highest BCUT2D eigenvalue weighted by Crippen LogP contribution is 2.43. The van der Waals surface area contributed by atoms with Crippen LogP contribution in [0.2, 0.25) is 0 Å². The number of nitrogens with one attached hydrogen (secondary N) is 1. The molecule has 14 heteroatoms. The van der Waals surface area contributed by atoms with Crippen molar-refractivity contribution in [3.63, 3.8) is 0 Å². The molecule has 214 valence electrons. The van der Waals surface area contributed by atoms with Crippen LogP contribution in [-0.2, 0) is 39.1 Å². The van der Waals surface area contributed by atoms with Gasteiger partial charge in [0.2, 0.25) is 0 Å². The minimum atomic E-state index is -3.38. The van der Waals surface area contributed by atoms with Gasteiger partial charge < -0.3 is 10.1 Å². The van der Waals surface area contributed by atoms with Crippen molar-refractivity contribution < 1.29 is 17.9 Å². The number of ether oxygens (including phenoxy) is 1. The van der Waals surface area contributed by atoms with E-state index in [-0.39, 0.29) is 23.9 Å². The molecule has 1 fully saturated rings. The van der Waals surface area contributed by atoms with Gasteiger partial charge in [0.05, 0.1) is 34.1 Å². The summed E-state index contributed by atoms with van der Waals surface area (Å²) in [6.45, 7) is 5.42. The highest BCUT2D eigenvalue weighted by atomic mass is 32.2. The molecule has 41 heavy (non-hydrogen) atoms. The Morgan fingerprint density at radius 1 is 1.15 bits per heavy atom. The van der Waals surface area contributed by atoms with Crippen LogP contribution in [0.3, 0.4) is 0 Å². The summed E-state index contributed by atoms with van der Waals surface area (Å²) >= 11 is 0. The van der Waals surface area contributed by atoms with Gasteiger partial charge in [-0.05, 0) is 38.3 Å². The molecule has 13 nitrogen and oxygen atoms in total. The molecule has 0 aliphatic heterocycles. The second kappa shape index (κ2) is 11.3. The van der Waals surface area contributed by atoms with Crippen LogP contribution in [0.1, 0.15) is 61.8 Å². The first kappa shape index (κ1) is 28.2. The number of aryl methyl sites for hydroxylation is 2. The molecule has 1 saturated carbocycles. The number of esters is 1. The van der Waals surface area contributed by atoms with E-state index in [1.165, 1.54) is 30.1 Å². The van der Waals surface area contributed by atoms with Gasteiger partial charge in [0, 0.05) is 31.8 Å². The van der Waals surface area contributed by atoms with Gasteiger partial charge in [0.15, 0.2) is 27.1 Å². The number of aromatic nitrogens is 7. The van der Waals surface area contributed by atoms with E-state index in [1.54, 1.807) is 6.07 Å². The van der Waals surface area contributed by atoms with E-state index >= 15 is 0 Å². The normalized spacial score (nSPS) is 13.4. The fourth-order valence-electron chi connectivity index (χ4n) is 4.45. The van der Waals surface area contributed by atoms with Crippen molar-refractivity contribution in [2.24, 2.45) is 0 Å². The Morgan fingerprint density at radius 3 is 2.56 bits per heavy atom. The summed E-state index contributed by atoms with van der Waals surface area (Å²) in [5.41, 5.74) is 3.38. The number of hydrogen-bond donors (Lipinski definition) is 1. The predicted octanol–water partition coefficient (Wildman–Crippen LogP) is 2.71. The molecule has 0 amide bonds. The Kier molecular flexibility index (Phi) is 7.76. The number of carbonyl (C=O) groups is 1. The molecule has 1 aliphatic carbocycles. The van der Waals surface area contributed by atoms with Gasteiger partial charge in [-0.2, -0.15) is 0 Å². The molecule has 1 N–H and O–H groups in total. The minimum Gasteiger partial charge on any atom is -0.459 e. The van der Waals surface area contributed by atoms with Crippen LogP contribution in [0, 0.1) is 6.92 Å². The molecule has 0 bridgehead atoms. The maximum atomic E-state index is 13.6. The zero-order valence-corrected chi connectivity index (χ0v) is 24.0. The van der Waals surface area contributed by atoms with Crippen molar-refractivity contribution >= 4 is 32.8 Å². The highest BCUT2D eigenvalue weighted by molar-refractivity contribution is 7.90. The smallest absolute Gasteiger partial charge is 0.303 e. The average Bonchev–Trinajstić information content (AvgIpc) is 3.77. The maximum Gasteiger partial charge on any atom is 0.303 e. The summed E-state index contributed by atoms with van der Waals surface area (Å²) < 4.78 is 30.3. The molecule has 4 heterocycles. The van der Waals surface area contributed by atoms with Gasteiger partial charge in [-0.3, -0.25) is 19.1 Å². The number of rotatable bonds is 10. The Balaban J connectivity index is 1.62. The first-order valence-corrected chi connectivity index (χ1v) is 15.1. The predicted molar refractivity (Wildman–Crippen MR) is 150 cm³/mol. The second-order valence-electron chi connectivity index (χ2n) is 9.97. The standard InChI is InChI=1S/C27H30N8O5S/c1-5-10-35-26-23(33-25(27(35)37)29-11-18-8-9-19(12-28-18)41(4,38)39)20(13-40-16(3)36)32-24(34-26)21-15(2)30-14-31-22(21)17-6-7-17/h8-9,12,14,17H,5-7,10-11,13H2,1-4H3,(H,29,33). The molecule has 5 rings (SSSR count). The lowest BCUT2D eigenvalue weighted by Crippen LogP contribution is -2.27. The third kappa shape index (κ3) is 6.06. The number of nitrogens with zero attached hydrogens (tertiary/aromatic N) is 7. The SMILES string of the molecule is CCCn1c(=O)c(NCc2ccc(S(C)(=O)=O)cn2)nc2c(COC(C)=O)nc(-c3c(C)ncnc3C3CC3)nc21. The molecule has 4 aromatic rings. The Morgan fingerprint density at radius 2 is 1.93 bits per heavy atom. The van der Waals surface area contributed by atoms with Crippen molar-refractivity contribution in [3.8, 4) is 11.4 Å². The molecule has 0 unspecified atom stereocenters. The van der Waals surface area contributed by atoms with Crippen molar-refractivity contribution in [1.82, 2.24) is 34.5 Å². The van der Waals surface area contributed by atoms with Gasteiger partial charge >= 0.3 is 5.97 Å². The molecule has 1 aliphatic rings. The van der Waals surface area contributed by atoms with Crippen LogP contribution in [0.5, 0.6) is 0 Å². The zero-order valence-electron chi connectivity index (χ0n) is 23.2. The summed E-state index contributed by atoms with van der Waals surface area (Å²) in [7, 11) is -3.38. The van der Waals surface area contributed by atoms with Crippen molar-refractivity contribution in [2.75, 3.05) is 11.6 Å². The van der Waals surface area contributed by atoms with E-state index in [0.717, 1.165) is 24.8 Å². The molecule has 0 aromatic carbocycles. The second-order valence-corrected chi connectivity index (χ2v) is 12.0. The minimum absolute atomic E-state index is 0.0401. The van der Waals surface area contributed by atoms with Crippen molar-refractivity contribution in [2.45, 2.75) is 70.5 Å². The lowest BCUT2D eigenvalue weighted by Gasteiger charge is -2.16. The number of pyridine rings is 1. The monoisotopic (exact) mass is 578 g/mol. The summed E-state index contributed by atoms with van der Waals surface area (Å²) in [6, 6.07) is 3.03. The summed E-state index contributed by atoms with van der Waals surface area (Å²) in [5.74, 6) is 0.199. The summed E-state index contributed by atoms with van der Waals surface area (Å²) in [6.07, 6.45) is 6.58. The lowest BCUT2D eigenvalue weighted by molar-refractivity contribution is -0.142. The molecule has 0 saturated heterocycles. The fourth-order valence-corrected chi connectivity index (χ4v) is 5.01. The molecule has 4 aromatic heterocycles. The number of hydrogen-bond acceptors (Lipinski definition) is 12. The highest BCUT2D eigenvalue weighted by Gasteiger charge is 2.31. The third-order valence-corrected chi connectivity index (χ3v) is 7.74. The Hall–Kier alpha value is -4.33. The quantitative estimate of drug-likeness (QED) is 0.273. The van der Waals surface area contributed by atoms with Crippen LogP contribution in [-0.4, -0.2) is 55.1 Å². The first-order chi connectivity index (χ1) is 19.6. The number of sulfone groups is 1. The van der Waals surface area contributed by atoms with Gasteiger partial charge in [0.1, 0.15) is 24.1 Å². The average molecular weight is 579 g/mol. The van der Waals surface area contributed by atoms with Crippen LogP contribution < -0.4 is 10.9 Å². The largest absolute Gasteiger partial charge is 0.459 e. The molecule has 0 radical (unpaired) electrons. The maximum absolute atomic E-state index is 13.6. The Bertz CT molecular complexity index is 1800. The molecule has 0 atom stereocenters. The van der Waals surface area contributed by atoms with Gasteiger partial charge in [0.25, 0.3) is 5.56 Å². The number of fused-ring (bicyclic) bond motifs is 1. The van der Waals surface area contributed by atoms with Gasteiger partial charge in [-0.15, -0.1) is 0 Å². The lowest BCUT2D eigenvalue weighted by atomic mass is 10.1. The van der Waals surface area contributed by atoms with Crippen LogP contribution in [0.4, 0.5) is 5.82 Å². The Labute approximate surface area is 236 Å². The van der Waals surface area contributed by atoms with E-state index in [0.29, 0.717) is 58.5 Å². The zero-order chi connectivity index (χ0) is 29.3. The summed E-state index contributed by atoms with van der Waals surface area (Å²) in [5, 5.41) is 3.02. The van der Waals surface area contributed by atoms with E-state index in [2.05, 4.69) is 25.3 Å². The van der Waals surface area contributed by atoms with E-state index in [9.17, 15) is 18.0 Å².